The summed E-state index contributed by atoms with van der Waals surface area (Å²) in [6, 6.07) is 10.1. The normalized spacial score (nSPS) is 10.3. The Bertz CT molecular complexity index is 620. The lowest BCUT2D eigenvalue weighted by Gasteiger charge is -2.08. The maximum absolute atomic E-state index is 12.1. The van der Waals surface area contributed by atoms with Crippen LogP contribution in [-0.2, 0) is 0 Å². The zero-order valence-corrected chi connectivity index (χ0v) is 12.3. The van der Waals surface area contributed by atoms with Crippen LogP contribution in [0.25, 0.3) is 0 Å². The molecule has 1 amide bonds. The Balaban J connectivity index is 2.25. The van der Waals surface area contributed by atoms with Crippen molar-refractivity contribution in [3.05, 3.63) is 62.6 Å². The van der Waals surface area contributed by atoms with Gasteiger partial charge in [0, 0.05) is 15.6 Å². The molecule has 0 saturated carbocycles. The Hall–Kier alpha value is -1.22. The van der Waals surface area contributed by atoms with Gasteiger partial charge in [-0.05, 0) is 42.8 Å². The summed E-state index contributed by atoms with van der Waals surface area (Å²) in [4.78, 5) is 12.1. The van der Waals surface area contributed by atoms with Gasteiger partial charge >= 0.3 is 0 Å². The third kappa shape index (κ3) is 3.63. The van der Waals surface area contributed by atoms with Gasteiger partial charge in [-0.2, -0.15) is 0 Å². The van der Waals surface area contributed by atoms with Crippen molar-refractivity contribution >= 4 is 46.4 Å². The average Bonchev–Trinajstić information content (AvgIpc) is 2.31. The summed E-state index contributed by atoms with van der Waals surface area (Å²) in [5.41, 5.74) is 1.95. The summed E-state index contributed by atoms with van der Waals surface area (Å²) in [7, 11) is 0. The van der Waals surface area contributed by atoms with Gasteiger partial charge in [-0.1, -0.05) is 40.9 Å². The monoisotopic (exact) mass is 313 g/mol. The van der Waals surface area contributed by atoms with Crippen LogP contribution in [0.2, 0.25) is 15.1 Å². The predicted octanol–water partition coefficient (Wildman–Crippen LogP) is 5.21. The standard InChI is InChI=1S/C14H10Cl3NO/c1-8-2-3-13(12(17)4-8)18-14(19)9-5-10(15)7-11(16)6-9/h2-7H,1H3,(H,18,19). The van der Waals surface area contributed by atoms with Crippen LogP contribution in [0.3, 0.4) is 0 Å². The van der Waals surface area contributed by atoms with Crippen LogP contribution in [0.4, 0.5) is 5.69 Å². The van der Waals surface area contributed by atoms with Gasteiger partial charge < -0.3 is 5.32 Å². The van der Waals surface area contributed by atoms with Crippen LogP contribution in [0.5, 0.6) is 0 Å². The quantitative estimate of drug-likeness (QED) is 0.810. The molecule has 0 fully saturated rings. The van der Waals surface area contributed by atoms with Crippen LogP contribution in [0.1, 0.15) is 15.9 Å². The Morgan fingerprint density at radius 3 is 2.21 bits per heavy atom. The molecule has 0 aliphatic rings. The topological polar surface area (TPSA) is 29.1 Å². The number of aryl methyl sites for hydroxylation is 1. The van der Waals surface area contributed by atoms with E-state index < -0.39 is 0 Å². The molecule has 0 bridgehead atoms. The molecule has 0 aliphatic heterocycles. The first-order chi connectivity index (χ1) is 8.95. The molecule has 0 aliphatic carbocycles. The van der Waals surface area contributed by atoms with Crippen molar-refractivity contribution in [1.29, 1.82) is 0 Å². The lowest BCUT2D eigenvalue weighted by atomic mass is 10.2. The molecule has 5 heteroatoms. The molecule has 1 N–H and O–H groups in total. The number of hydrogen-bond donors (Lipinski definition) is 1. The molecule has 0 saturated heterocycles. The molecule has 0 aromatic heterocycles. The smallest absolute Gasteiger partial charge is 0.255 e. The molecule has 19 heavy (non-hydrogen) atoms. The number of rotatable bonds is 2. The second-order valence-electron chi connectivity index (χ2n) is 4.10. The second kappa shape index (κ2) is 5.83. The molecular formula is C14H10Cl3NO. The van der Waals surface area contributed by atoms with E-state index in [1.165, 1.54) is 0 Å². The van der Waals surface area contributed by atoms with Crippen molar-refractivity contribution < 1.29 is 4.79 Å². The summed E-state index contributed by atoms with van der Waals surface area (Å²) in [5.74, 6) is -0.310. The zero-order valence-electron chi connectivity index (χ0n) is 10.0. The van der Waals surface area contributed by atoms with Gasteiger partial charge in [-0.25, -0.2) is 0 Å². The van der Waals surface area contributed by atoms with Crippen molar-refractivity contribution in [1.82, 2.24) is 0 Å². The third-order valence-electron chi connectivity index (χ3n) is 2.50. The molecule has 2 nitrogen and oxygen atoms in total. The number of benzene rings is 2. The highest BCUT2D eigenvalue weighted by Gasteiger charge is 2.10. The van der Waals surface area contributed by atoms with Crippen molar-refractivity contribution in [2.45, 2.75) is 6.92 Å². The second-order valence-corrected chi connectivity index (χ2v) is 5.38. The number of carbonyl (C=O) groups is 1. The van der Waals surface area contributed by atoms with Crippen LogP contribution >= 0.6 is 34.8 Å². The van der Waals surface area contributed by atoms with E-state index in [4.69, 9.17) is 34.8 Å². The fraction of sp³-hybridized carbons (Fsp3) is 0.0714. The summed E-state index contributed by atoms with van der Waals surface area (Å²) in [6.45, 7) is 1.92. The molecule has 2 rings (SSSR count). The summed E-state index contributed by atoms with van der Waals surface area (Å²) in [6.07, 6.45) is 0. The van der Waals surface area contributed by atoms with E-state index in [2.05, 4.69) is 5.32 Å². The molecule has 2 aromatic rings. The SMILES string of the molecule is Cc1ccc(NC(=O)c2cc(Cl)cc(Cl)c2)c(Cl)c1. The minimum atomic E-state index is -0.310. The van der Waals surface area contributed by atoms with E-state index in [9.17, 15) is 4.79 Å². The summed E-state index contributed by atoms with van der Waals surface area (Å²) >= 11 is 17.8. The molecule has 0 radical (unpaired) electrons. The van der Waals surface area contributed by atoms with E-state index in [0.29, 0.717) is 26.3 Å². The summed E-state index contributed by atoms with van der Waals surface area (Å²) < 4.78 is 0. The molecule has 98 valence electrons. The highest BCUT2D eigenvalue weighted by atomic mass is 35.5. The average molecular weight is 315 g/mol. The third-order valence-corrected chi connectivity index (χ3v) is 3.25. The van der Waals surface area contributed by atoms with E-state index in [0.717, 1.165) is 5.56 Å². The van der Waals surface area contributed by atoms with Crippen molar-refractivity contribution in [3.8, 4) is 0 Å². The number of hydrogen-bond acceptors (Lipinski definition) is 1. The van der Waals surface area contributed by atoms with Crippen LogP contribution in [0, 0.1) is 6.92 Å². The number of carbonyl (C=O) groups excluding carboxylic acids is 1. The first kappa shape index (κ1) is 14.2. The Kier molecular flexibility index (Phi) is 4.35. The highest BCUT2D eigenvalue weighted by molar-refractivity contribution is 6.36. The van der Waals surface area contributed by atoms with Gasteiger partial charge in [0.15, 0.2) is 0 Å². The lowest BCUT2D eigenvalue weighted by molar-refractivity contribution is 0.102. The van der Waals surface area contributed by atoms with Crippen molar-refractivity contribution in [2.24, 2.45) is 0 Å². The number of nitrogens with one attached hydrogen (secondary N) is 1. The van der Waals surface area contributed by atoms with Gasteiger partial charge in [0.1, 0.15) is 0 Å². The van der Waals surface area contributed by atoms with Crippen LogP contribution in [0.15, 0.2) is 36.4 Å². The summed E-state index contributed by atoms with van der Waals surface area (Å²) in [5, 5.41) is 4.03. The van der Waals surface area contributed by atoms with E-state index in [1.54, 1.807) is 30.3 Å². The molecule has 2 aromatic carbocycles. The molecule has 0 spiro atoms. The van der Waals surface area contributed by atoms with Crippen molar-refractivity contribution in [2.75, 3.05) is 5.32 Å². The van der Waals surface area contributed by atoms with Crippen molar-refractivity contribution in [3.63, 3.8) is 0 Å². The van der Waals surface area contributed by atoms with Gasteiger partial charge in [0.25, 0.3) is 5.91 Å². The maximum Gasteiger partial charge on any atom is 0.255 e. The lowest BCUT2D eigenvalue weighted by Crippen LogP contribution is -2.12. The molecule has 0 unspecified atom stereocenters. The molecule has 0 heterocycles. The first-order valence-electron chi connectivity index (χ1n) is 5.49. The maximum atomic E-state index is 12.1. The highest BCUT2D eigenvalue weighted by Crippen LogP contribution is 2.24. The van der Waals surface area contributed by atoms with E-state index in [1.807, 2.05) is 13.0 Å². The Morgan fingerprint density at radius 2 is 1.63 bits per heavy atom. The Labute approximate surface area is 126 Å². The molecule has 0 atom stereocenters. The van der Waals surface area contributed by atoms with Crippen LogP contribution < -0.4 is 5.32 Å². The first-order valence-corrected chi connectivity index (χ1v) is 6.63. The van der Waals surface area contributed by atoms with E-state index in [-0.39, 0.29) is 5.91 Å². The number of anilines is 1. The van der Waals surface area contributed by atoms with E-state index >= 15 is 0 Å². The number of halogens is 3. The van der Waals surface area contributed by atoms with Gasteiger partial charge in [0.05, 0.1) is 10.7 Å². The fourth-order valence-corrected chi connectivity index (χ4v) is 2.41. The largest absolute Gasteiger partial charge is 0.321 e. The van der Waals surface area contributed by atoms with Crippen LogP contribution in [-0.4, -0.2) is 5.91 Å². The molecular weight excluding hydrogens is 305 g/mol. The fourth-order valence-electron chi connectivity index (χ4n) is 1.60. The van der Waals surface area contributed by atoms with Gasteiger partial charge in [0.2, 0.25) is 0 Å². The van der Waals surface area contributed by atoms with Gasteiger partial charge in [-0.3, -0.25) is 4.79 Å². The predicted molar refractivity (Wildman–Crippen MR) is 80.6 cm³/mol. The Morgan fingerprint density at radius 1 is 1.00 bits per heavy atom. The minimum Gasteiger partial charge on any atom is -0.321 e. The zero-order chi connectivity index (χ0) is 14.0. The minimum absolute atomic E-state index is 0.310. The van der Waals surface area contributed by atoms with Gasteiger partial charge in [-0.15, -0.1) is 0 Å². The number of amides is 1.